The number of allylic oxidation sites excluding steroid dienone is 2. The predicted molar refractivity (Wildman–Crippen MR) is 156 cm³/mol. The molecule has 1 aromatic carbocycles. The molecule has 1 fully saturated rings. The molecular formula is C28H36N8O2Si. The van der Waals surface area contributed by atoms with Crippen LogP contribution < -0.4 is 16.0 Å². The zero-order valence-corrected chi connectivity index (χ0v) is 23.9. The van der Waals surface area contributed by atoms with Gasteiger partial charge in [-0.1, -0.05) is 43.3 Å². The highest BCUT2D eigenvalue weighted by molar-refractivity contribution is 6.76. The van der Waals surface area contributed by atoms with Crippen LogP contribution in [0.5, 0.6) is 0 Å². The second-order valence-electron chi connectivity index (χ2n) is 11.1. The Bertz CT molecular complexity index is 1330. The van der Waals surface area contributed by atoms with E-state index in [-0.39, 0.29) is 30.2 Å². The minimum Gasteiger partial charge on any atom is -0.361 e. The van der Waals surface area contributed by atoms with Gasteiger partial charge in [0, 0.05) is 51.1 Å². The van der Waals surface area contributed by atoms with Crippen LogP contribution in [0.2, 0.25) is 25.7 Å². The third-order valence-corrected chi connectivity index (χ3v) is 8.59. The Hall–Kier alpha value is -3.93. The number of carbonyl (C=O) groups is 1. The summed E-state index contributed by atoms with van der Waals surface area (Å²) in [6, 6.07) is 7.16. The first-order chi connectivity index (χ1) is 18.8. The van der Waals surface area contributed by atoms with Crippen molar-refractivity contribution < 1.29 is 9.53 Å². The summed E-state index contributed by atoms with van der Waals surface area (Å²) >= 11 is 0. The normalized spacial score (nSPS) is 17.2. The van der Waals surface area contributed by atoms with E-state index < -0.39 is 8.07 Å². The fourth-order valence-corrected chi connectivity index (χ4v) is 5.42. The van der Waals surface area contributed by atoms with Crippen LogP contribution in [0.15, 0.2) is 35.6 Å². The number of imidazole rings is 1. The first-order valence-electron chi connectivity index (χ1n) is 13.4. The van der Waals surface area contributed by atoms with Gasteiger partial charge in [-0.2, -0.15) is 6.57 Å². The molecule has 0 radical (unpaired) electrons. The number of nitrogens with one attached hydrogen (secondary N) is 3. The van der Waals surface area contributed by atoms with Crippen molar-refractivity contribution in [2.75, 3.05) is 25.0 Å². The summed E-state index contributed by atoms with van der Waals surface area (Å²) in [7, 11) is -1.24. The number of nitrogens with zero attached hydrogens (tertiary/aromatic N) is 5. The van der Waals surface area contributed by atoms with E-state index in [1.807, 2.05) is 12.1 Å². The summed E-state index contributed by atoms with van der Waals surface area (Å²) in [4.78, 5) is 24.2. The third-order valence-electron chi connectivity index (χ3n) is 6.89. The Morgan fingerprint density at radius 2 is 2.05 bits per heavy atom. The lowest BCUT2D eigenvalue weighted by atomic mass is 9.88. The molecule has 39 heavy (non-hydrogen) atoms. The summed E-state index contributed by atoms with van der Waals surface area (Å²) in [5.74, 6) is 0.645. The van der Waals surface area contributed by atoms with Crippen molar-refractivity contribution in [1.29, 1.82) is 0 Å². The molecule has 0 atom stereocenters. The Balaban J connectivity index is 1.55. The Labute approximate surface area is 231 Å². The number of anilines is 1. The minimum atomic E-state index is -1.24. The van der Waals surface area contributed by atoms with E-state index in [2.05, 4.69) is 67.6 Å². The van der Waals surface area contributed by atoms with Crippen molar-refractivity contribution in [3.05, 3.63) is 70.4 Å². The standard InChI is InChI=1S/C28H36N8O2Si/c1-29-25-18-36(19-38-13-14-39(3,4)5)26(34-25)27(37)33-24-12-11-21(15-23(24)20-9-7-6-8-10-20)22-16-31-28(32-17-22)35-30-2/h9,11-12,15,18,22H,6-8,10,13-14,16-17,19H2,3-5H3,(H,33,37)(H2,31,32,35). The number of rotatable bonds is 9. The van der Waals surface area contributed by atoms with Gasteiger partial charge in [-0.15, -0.1) is 4.95 Å². The summed E-state index contributed by atoms with van der Waals surface area (Å²) < 4.78 is 7.46. The molecule has 1 aromatic heterocycles. The second kappa shape index (κ2) is 12.7. The number of amides is 1. The molecule has 1 aliphatic heterocycles. The molecule has 2 heterocycles. The molecule has 1 saturated heterocycles. The maximum atomic E-state index is 13.5. The van der Waals surface area contributed by atoms with Gasteiger partial charge in [-0.3, -0.25) is 9.36 Å². The van der Waals surface area contributed by atoms with E-state index in [9.17, 15) is 4.79 Å². The summed E-state index contributed by atoms with van der Waals surface area (Å²) in [5.41, 5.74) is 4.10. The molecule has 1 amide bonds. The van der Waals surface area contributed by atoms with E-state index in [0.717, 1.165) is 42.1 Å². The quantitative estimate of drug-likeness (QED) is 0.169. The molecule has 204 valence electrons. The maximum Gasteiger partial charge on any atom is 0.316 e. The molecule has 4 rings (SSSR count). The van der Waals surface area contributed by atoms with Gasteiger partial charge in [-0.25, -0.2) is 0 Å². The van der Waals surface area contributed by atoms with E-state index in [1.54, 1.807) is 10.8 Å². The van der Waals surface area contributed by atoms with Gasteiger partial charge >= 0.3 is 5.91 Å². The van der Waals surface area contributed by atoms with Gasteiger partial charge in [0.05, 0.1) is 0 Å². The van der Waals surface area contributed by atoms with Crippen molar-refractivity contribution in [1.82, 2.24) is 20.2 Å². The van der Waals surface area contributed by atoms with Crippen molar-refractivity contribution >= 4 is 37.0 Å². The number of aromatic nitrogens is 2. The second-order valence-corrected chi connectivity index (χ2v) is 16.7. The van der Waals surface area contributed by atoms with Gasteiger partial charge < -0.3 is 25.5 Å². The van der Waals surface area contributed by atoms with Crippen LogP contribution in [0.3, 0.4) is 0 Å². The highest BCUT2D eigenvalue weighted by Crippen LogP contribution is 2.34. The van der Waals surface area contributed by atoms with Crippen LogP contribution in [0, 0.1) is 13.1 Å². The molecule has 0 unspecified atom stereocenters. The number of ether oxygens (including phenoxy) is 1. The van der Waals surface area contributed by atoms with E-state index >= 15 is 0 Å². The Morgan fingerprint density at radius 1 is 1.26 bits per heavy atom. The van der Waals surface area contributed by atoms with Gasteiger partial charge in [0.25, 0.3) is 17.6 Å². The van der Waals surface area contributed by atoms with Crippen LogP contribution in [0.4, 0.5) is 11.5 Å². The molecule has 0 spiro atoms. The number of benzene rings is 1. The van der Waals surface area contributed by atoms with E-state index in [1.165, 1.54) is 12.0 Å². The minimum absolute atomic E-state index is 0.161. The lowest BCUT2D eigenvalue weighted by Crippen LogP contribution is -2.48. The van der Waals surface area contributed by atoms with Crippen molar-refractivity contribution in [3.63, 3.8) is 0 Å². The molecule has 2 aliphatic rings. The van der Waals surface area contributed by atoms with Gasteiger partial charge in [0.1, 0.15) is 11.8 Å². The van der Waals surface area contributed by atoms with Crippen LogP contribution in [-0.2, 0) is 11.5 Å². The molecule has 2 aromatic rings. The number of guanidine groups is 1. The topological polar surface area (TPSA) is 101 Å². The van der Waals surface area contributed by atoms with Crippen LogP contribution >= 0.6 is 0 Å². The largest absolute Gasteiger partial charge is 0.361 e. The van der Waals surface area contributed by atoms with E-state index in [4.69, 9.17) is 17.9 Å². The smallest absolute Gasteiger partial charge is 0.316 e. The predicted octanol–water partition coefficient (Wildman–Crippen LogP) is 5.42. The molecule has 11 heteroatoms. The maximum absolute atomic E-state index is 13.5. The molecule has 0 saturated carbocycles. The highest BCUT2D eigenvalue weighted by Gasteiger charge is 2.25. The summed E-state index contributed by atoms with van der Waals surface area (Å²) in [6.07, 6.45) is 8.08. The third kappa shape index (κ3) is 7.56. The number of hydrogen-bond acceptors (Lipinski definition) is 4. The van der Waals surface area contributed by atoms with Gasteiger partial charge in [0.2, 0.25) is 0 Å². The SMILES string of the molecule is [C-]#[N+]N=C1NCC(c2ccc(NC(=O)c3nc([N+]#[C-])cn3COCC[Si](C)(C)C)c(C3=CCCCC3)c2)CN1. The Kier molecular flexibility index (Phi) is 9.18. The van der Waals surface area contributed by atoms with Crippen LogP contribution in [0.1, 0.15) is 53.3 Å². The molecule has 0 bridgehead atoms. The zero-order valence-electron chi connectivity index (χ0n) is 22.9. The molecule has 10 nitrogen and oxygen atoms in total. The highest BCUT2D eigenvalue weighted by atomic mass is 28.3. The molecule has 1 aliphatic carbocycles. The Morgan fingerprint density at radius 3 is 2.72 bits per heavy atom. The average Bonchev–Trinajstić information content (AvgIpc) is 3.35. The van der Waals surface area contributed by atoms with Crippen molar-refractivity contribution in [2.45, 2.75) is 64.0 Å². The van der Waals surface area contributed by atoms with Gasteiger partial charge in [0.15, 0.2) is 0 Å². The van der Waals surface area contributed by atoms with Crippen molar-refractivity contribution in [3.8, 4) is 0 Å². The molecular weight excluding hydrogens is 508 g/mol. The number of hydrogen-bond donors (Lipinski definition) is 3. The molecule has 3 N–H and O–H groups in total. The van der Waals surface area contributed by atoms with Gasteiger partial charge in [-0.05, 0) is 55.0 Å². The monoisotopic (exact) mass is 544 g/mol. The first kappa shape index (κ1) is 28.1. The fraction of sp³-hybridized carbons (Fsp3) is 0.464. The summed E-state index contributed by atoms with van der Waals surface area (Å²) in [6.45, 7) is 23.3. The lowest BCUT2D eigenvalue weighted by Gasteiger charge is -2.26. The summed E-state index contributed by atoms with van der Waals surface area (Å²) in [5, 5.41) is 13.1. The van der Waals surface area contributed by atoms with Crippen molar-refractivity contribution in [2.24, 2.45) is 5.10 Å². The average molecular weight is 545 g/mol. The van der Waals surface area contributed by atoms with Crippen LogP contribution in [-0.4, -0.2) is 49.2 Å². The van der Waals surface area contributed by atoms with Crippen LogP contribution in [0.25, 0.3) is 15.4 Å². The lowest BCUT2D eigenvalue weighted by molar-refractivity contribution is 0.0809. The first-order valence-corrected chi connectivity index (χ1v) is 17.1. The zero-order chi connectivity index (χ0) is 27.8. The van der Waals surface area contributed by atoms with E-state index in [0.29, 0.717) is 25.7 Å². The number of carbonyl (C=O) groups excluding carboxylic acids is 1. The fourth-order valence-electron chi connectivity index (χ4n) is 4.66.